The summed E-state index contributed by atoms with van der Waals surface area (Å²) in [6.07, 6.45) is 1.74. The molecule has 0 heterocycles. The molecule has 0 aliphatic heterocycles. The van der Waals surface area contributed by atoms with E-state index in [1.807, 2.05) is 31.2 Å². The molecule has 86 valence electrons. The molecule has 1 aromatic carbocycles. The number of benzene rings is 1. The average Bonchev–Trinajstić information content (AvgIpc) is 2.29. The molecule has 0 aliphatic carbocycles. The highest BCUT2D eigenvalue weighted by molar-refractivity contribution is 5.94. The quantitative estimate of drug-likeness (QED) is 0.603. The summed E-state index contributed by atoms with van der Waals surface area (Å²) < 4.78 is 0. The molecule has 0 aromatic heterocycles. The fraction of sp³-hybridized carbons (Fsp3) is 0.308. The van der Waals surface area contributed by atoms with Gasteiger partial charge in [-0.3, -0.25) is 4.79 Å². The lowest BCUT2D eigenvalue weighted by Gasteiger charge is -2.19. The van der Waals surface area contributed by atoms with Crippen LogP contribution in [0.1, 0.15) is 5.56 Å². The maximum Gasteiger partial charge on any atom is 0.240 e. The van der Waals surface area contributed by atoms with Gasteiger partial charge in [0.25, 0.3) is 0 Å². The van der Waals surface area contributed by atoms with Crippen LogP contribution in [0.25, 0.3) is 0 Å². The lowest BCUT2D eigenvalue weighted by atomic mass is 10.2. The number of nitrogens with one attached hydrogen (secondary N) is 1. The van der Waals surface area contributed by atoms with Gasteiger partial charge in [-0.25, -0.2) is 0 Å². The van der Waals surface area contributed by atoms with E-state index in [2.05, 4.69) is 11.9 Å². The number of hydrogen-bond acceptors (Lipinski definition) is 2. The standard InChI is InChI=1S/C13H18N2O/c1-4-9-14-10-13(16)15(3)12-8-6-5-7-11(12)2/h4-8,14H,1,9-10H2,2-3H3. The van der Waals surface area contributed by atoms with Crippen LogP contribution in [0, 0.1) is 6.92 Å². The number of anilines is 1. The summed E-state index contributed by atoms with van der Waals surface area (Å²) in [7, 11) is 1.79. The van der Waals surface area contributed by atoms with Gasteiger partial charge in [0.1, 0.15) is 0 Å². The fourth-order valence-electron chi connectivity index (χ4n) is 1.47. The van der Waals surface area contributed by atoms with Crippen molar-refractivity contribution >= 4 is 11.6 Å². The van der Waals surface area contributed by atoms with Gasteiger partial charge in [0.2, 0.25) is 5.91 Å². The first-order valence-corrected chi connectivity index (χ1v) is 5.30. The van der Waals surface area contributed by atoms with Crippen LogP contribution in [-0.4, -0.2) is 26.0 Å². The Morgan fingerprint density at radius 2 is 2.19 bits per heavy atom. The van der Waals surface area contributed by atoms with Gasteiger partial charge in [-0.15, -0.1) is 6.58 Å². The second-order valence-corrected chi connectivity index (χ2v) is 3.66. The summed E-state index contributed by atoms with van der Waals surface area (Å²) in [5.41, 5.74) is 2.05. The zero-order valence-corrected chi connectivity index (χ0v) is 9.86. The largest absolute Gasteiger partial charge is 0.314 e. The number of hydrogen-bond donors (Lipinski definition) is 1. The average molecular weight is 218 g/mol. The summed E-state index contributed by atoms with van der Waals surface area (Å²) >= 11 is 0. The number of para-hydroxylation sites is 1. The molecule has 0 bridgehead atoms. The maximum absolute atomic E-state index is 11.8. The Kier molecular flexibility index (Phi) is 4.73. The molecule has 0 saturated carbocycles. The lowest BCUT2D eigenvalue weighted by Crippen LogP contribution is -2.35. The van der Waals surface area contributed by atoms with Gasteiger partial charge < -0.3 is 10.2 Å². The van der Waals surface area contributed by atoms with Crippen LogP contribution in [0.3, 0.4) is 0 Å². The van der Waals surface area contributed by atoms with E-state index < -0.39 is 0 Å². The smallest absolute Gasteiger partial charge is 0.240 e. The van der Waals surface area contributed by atoms with Gasteiger partial charge in [0.05, 0.1) is 6.54 Å². The van der Waals surface area contributed by atoms with Crippen LogP contribution in [0.15, 0.2) is 36.9 Å². The Bertz CT molecular complexity index is 374. The van der Waals surface area contributed by atoms with E-state index in [0.29, 0.717) is 13.1 Å². The van der Waals surface area contributed by atoms with Gasteiger partial charge in [0.15, 0.2) is 0 Å². The number of aryl methyl sites for hydroxylation is 1. The molecule has 3 nitrogen and oxygen atoms in total. The van der Waals surface area contributed by atoms with Crippen molar-refractivity contribution in [3.05, 3.63) is 42.5 Å². The van der Waals surface area contributed by atoms with E-state index in [-0.39, 0.29) is 5.91 Å². The molecule has 0 unspecified atom stereocenters. The van der Waals surface area contributed by atoms with E-state index in [1.165, 1.54) is 0 Å². The molecule has 0 saturated heterocycles. The number of amides is 1. The second-order valence-electron chi connectivity index (χ2n) is 3.66. The summed E-state index contributed by atoms with van der Waals surface area (Å²) in [5.74, 6) is 0.0520. The first kappa shape index (κ1) is 12.5. The molecule has 0 fully saturated rings. The molecular weight excluding hydrogens is 200 g/mol. The molecular formula is C13H18N2O. The molecule has 0 spiro atoms. The third-order valence-electron chi connectivity index (χ3n) is 2.42. The molecule has 16 heavy (non-hydrogen) atoms. The molecule has 1 aromatic rings. The molecule has 0 atom stereocenters. The van der Waals surface area contributed by atoms with Crippen molar-refractivity contribution < 1.29 is 4.79 Å². The van der Waals surface area contributed by atoms with Crippen molar-refractivity contribution in [1.29, 1.82) is 0 Å². The van der Waals surface area contributed by atoms with Crippen LogP contribution >= 0.6 is 0 Å². The van der Waals surface area contributed by atoms with E-state index in [4.69, 9.17) is 0 Å². The van der Waals surface area contributed by atoms with E-state index in [9.17, 15) is 4.79 Å². The first-order chi connectivity index (χ1) is 7.66. The Morgan fingerprint density at radius 1 is 1.50 bits per heavy atom. The van der Waals surface area contributed by atoms with Gasteiger partial charge in [-0.1, -0.05) is 24.3 Å². The van der Waals surface area contributed by atoms with Crippen molar-refractivity contribution in [2.75, 3.05) is 25.0 Å². The van der Waals surface area contributed by atoms with Crippen LogP contribution in [-0.2, 0) is 4.79 Å². The fourth-order valence-corrected chi connectivity index (χ4v) is 1.47. The first-order valence-electron chi connectivity index (χ1n) is 5.30. The Labute approximate surface area is 96.8 Å². The van der Waals surface area contributed by atoms with E-state index in [0.717, 1.165) is 11.3 Å². The Balaban J connectivity index is 2.63. The molecule has 1 amide bonds. The topological polar surface area (TPSA) is 32.3 Å². The number of carbonyl (C=O) groups is 1. The highest BCUT2D eigenvalue weighted by Crippen LogP contribution is 2.17. The third kappa shape index (κ3) is 3.21. The zero-order chi connectivity index (χ0) is 12.0. The maximum atomic E-state index is 11.8. The molecule has 0 radical (unpaired) electrons. The van der Waals surface area contributed by atoms with Crippen LogP contribution in [0.5, 0.6) is 0 Å². The van der Waals surface area contributed by atoms with Crippen LogP contribution < -0.4 is 10.2 Å². The van der Waals surface area contributed by atoms with Gasteiger partial charge in [-0.05, 0) is 18.6 Å². The van der Waals surface area contributed by atoms with Crippen LogP contribution in [0.2, 0.25) is 0 Å². The molecule has 1 rings (SSSR count). The van der Waals surface area contributed by atoms with Crippen LogP contribution in [0.4, 0.5) is 5.69 Å². The predicted molar refractivity (Wildman–Crippen MR) is 67.7 cm³/mol. The molecule has 0 aliphatic rings. The Hall–Kier alpha value is -1.61. The van der Waals surface area contributed by atoms with Crippen molar-refractivity contribution in [2.24, 2.45) is 0 Å². The van der Waals surface area contributed by atoms with E-state index >= 15 is 0 Å². The van der Waals surface area contributed by atoms with Crippen molar-refractivity contribution in [3.63, 3.8) is 0 Å². The third-order valence-corrected chi connectivity index (χ3v) is 2.42. The summed E-state index contributed by atoms with van der Waals surface area (Å²) in [6.45, 7) is 6.56. The number of carbonyl (C=O) groups excluding carboxylic acids is 1. The number of nitrogens with zero attached hydrogens (tertiary/aromatic N) is 1. The Morgan fingerprint density at radius 3 is 2.81 bits per heavy atom. The van der Waals surface area contributed by atoms with Crippen molar-refractivity contribution in [1.82, 2.24) is 5.32 Å². The van der Waals surface area contributed by atoms with Gasteiger partial charge >= 0.3 is 0 Å². The monoisotopic (exact) mass is 218 g/mol. The number of likely N-dealkylation sites (N-methyl/N-ethyl adjacent to an activating group) is 1. The van der Waals surface area contributed by atoms with Gasteiger partial charge in [0, 0.05) is 19.3 Å². The van der Waals surface area contributed by atoms with Gasteiger partial charge in [-0.2, -0.15) is 0 Å². The highest BCUT2D eigenvalue weighted by atomic mass is 16.2. The molecule has 1 N–H and O–H groups in total. The lowest BCUT2D eigenvalue weighted by molar-refractivity contribution is -0.117. The number of rotatable bonds is 5. The SMILES string of the molecule is C=CCNCC(=O)N(C)c1ccccc1C. The minimum absolute atomic E-state index is 0.0520. The second kappa shape index (κ2) is 6.08. The zero-order valence-electron chi connectivity index (χ0n) is 9.86. The van der Waals surface area contributed by atoms with E-state index in [1.54, 1.807) is 18.0 Å². The van der Waals surface area contributed by atoms with Crippen molar-refractivity contribution in [2.45, 2.75) is 6.92 Å². The van der Waals surface area contributed by atoms with Crippen molar-refractivity contribution in [3.8, 4) is 0 Å². The highest BCUT2D eigenvalue weighted by Gasteiger charge is 2.11. The predicted octanol–water partition coefficient (Wildman–Crippen LogP) is 1.73. The summed E-state index contributed by atoms with van der Waals surface area (Å²) in [6, 6.07) is 7.84. The normalized spacial score (nSPS) is 9.88. The minimum atomic E-state index is 0.0520. The summed E-state index contributed by atoms with van der Waals surface area (Å²) in [4.78, 5) is 13.5. The molecule has 3 heteroatoms. The minimum Gasteiger partial charge on any atom is -0.314 e. The summed E-state index contributed by atoms with van der Waals surface area (Å²) in [5, 5.41) is 3.00.